The maximum atomic E-state index is 5.69. The Labute approximate surface area is 124 Å². The highest BCUT2D eigenvalue weighted by molar-refractivity contribution is 5.49. The molecule has 0 amide bonds. The highest BCUT2D eigenvalue weighted by Gasteiger charge is 2.09. The number of rotatable bonds is 6. The Kier molecular flexibility index (Phi) is 4.76. The van der Waals surface area contributed by atoms with Gasteiger partial charge < -0.3 is 19.7 Å². The van der Waals surface area contributed by atoms with Crippen LogP contribution >= 0.6 is 0 Å². The van der Waals surface area contributed by atoms with E-state index in [-0.39, 0.29) is 12.0 Å². The standard InChI is InChI=1S/C14H19N5O2/c1-5-15-12-16-13(20-4)18-14(17-12)21-11-8-6-7-10(9-11)19(2)3/h6-9H,5H2,1-4H3,(H,15,16,17,18). The van der Waals surface area contributed by atoms with Crippen molar-refractivity contribution in [1.29, 1.82) is 0 Å². The van der Waals surface area contributed by atoms with E-state index in [2.05, 4.69) is 20.3 Å². The van der Waals surface area contributed by atoms with E-state index in [1.54, 1.807) is 0 Å². The highest BCUT2D eigenvalue weighted by atomic mass is 16.5. The molecule has 0 spiro atoms. The molecule has 0 atom stereocenters. The molecule has 7 heteroatoms. The molecule has 2 rings (SSSR count). The third-order valence-electron chi connectivity index (χ3n) is 2.65. The molecule has 0 saturated carbocycles. The van der Waals surface area contributed by atoms with Crippen molar-refractivity contribution in [2.24, 2.45) is 0 Å². The third-order valence-corrected chi connectivity index (χ3v) is 2.65. The van der Waals surface area contributed by atoms with Gasteiger partial charge in [-0.25, -0.2) is 0 Å². The zero-order chi connectivity index (χ0) is 15.2. The molecule has 0 unspecified atom stereocenters. The summed E-state index contributed by atoms with van der Waals surface area (Å²) >= 11 is 0. The van der Waals surface area contributed by atoms with Crippen molar-refractivity contribution in [1.82, 2.24) is 15.0 Å². The molecule has 0 aliphatic carbocycles. The van der Waals surface area contributed by atoms with Gasteiger partial charge >= 0.3 is 12.0 Å². The number of methoxy groups -OCH3 is 1. The second kappa shape index (κ2) is 6.74. The fourth-order valence-electron chi connectivity index (χ4n) is 1.64. The quantitative estimate of drug-likeness (QED) is 0.873. The molecular formula is C14H19N5O2. The van der Waals surface area contributed by atoms with Gasteiger partial charge in [0, 0.05) is 32.4 Å². The second-order valence-corrected chi connectivity index (χ2v) is 4.45. The molecule has 0 fully saturated rings. The lowest BCUT2D eigenvalue weighted by molar-refractivity contribution is 0.360. The summed E-state index contributed by atoms with van der Waals surface area (Å²) in [4.78, 5) is 14.4. The number of benzene rings is 1. The van der Waals surface area contributed by atoms with Crippen LogP contribution in [0.4, 0.5) is 11.6 Å². The predicted molar refractivity (Wildman–Crippen MR) is 81.4 cm³/mol. The first-order valence-corrected chi connectivity index (χ1v) is 6.61. The van der Waals surface area contributed by atoms with Gasteiger partial charge in [0.05, 0.1) is 7.11 Å². The van der Waals surface area contributed by atoms with Crippen LogP contribution in [0, 0.1) is 0 Å². The van der Waals surface area contributed by atoms with Gasteiger partial charge in [-0.05, 0) is 19.1 Å². The van der Waals surface area contributed by atoms with Crippen molar-refractivity contribution >= 4 is 11.6 Å². The van der Waals surface area contributed by atoms with Gasteiger partial charge in [0.2, 0.25) is 5.95 Å². The maximum Gasteiger partial charge on any atom is 0.330 e. The van der Waals surface area contributed by atoms with Gasteiger partial charge in [-0.3, -0.25) is 0 Å². The molecule has 0 bridgehead atoms. The smallest absolute Gasteiger partial charge is 0.330 e. The van der Waals surface area contributed by atoms with E-state index in [0.29, 0.717) is 18.2 Å². The molecule has 112 valence electrons. The van der Waals surface area contributed by atoms with Crippen LogP contribution in [0.25, 0.3) is 0 Å². The minimum absolute atomic E-state index is 0.189. The van der Waals surface area contributed by atoms with Gasteiger partial charge in [-0.15, -0.1) is 4.98 Å². The topological polar surface area (TPSA) is 72.4 Å². The Balaban J connectivity index is 2.25. The number of anilines is 2. The number of nitrogens with zero attached hydrogens (tertiary/aromatic N) is 4. The van der Waals surface area contributed by atoms with E-state index in [1.165, 1.54) is 7.11 Å². The van der Waals surface area contributed by atoms with Crippen LogP contribution in [0.15, 0.2) is 24.3 Å². The van der Waals surface area contributed by atoms with Gasteiger partial charge in [-0.1, -0.05) is 6.07 Å². The lowest BCUT2D eigenvalue weighted by Gasteiger charge is -2.13. The average Bonchev–Trinajstić information content (AvgIpc) is 2.47. The van der Waals surface area contributed by atoms with E-state index in [1.807, 2.05) is 50.2 Å². The zero-order valence-corrected chi connectivity index (χ0v) is 12.6. The first-order valence-electron chi connectivity index (χ1n) is 6.61. The van der Waals surface area contributed by atoms with Crippen molar-refractivity contribution in [3.63, 3.8) is 0 Å². The SMILES string of the molecule is CCNc1nc(OC)nc(Oc2cccc(N(C)C)c2)n1. The Morgan fingerprint density at radius 3 is 2.57 bits per heavy atom. The van der Waals surface area contributed by atoms with E-state index < -0.39 is 0 Å². The Bertz CT molecular complexity index is 604. The first kappa shape index (κ1) is 14.8. The number of hydrogen-bond donors (Lipinski definition) is 1. The highest BCUT2D eigenvalue weighted by Crippen LogP contribution is 2.24. The monoisotopic (exact) mass is 289 g/mol. The van der Waals surface area contributed by atoms with Gasteiger partial charge in [-0.2, -0.15) is 9.97 Å². The van der Waals surface area contributed by atoms with Gasteiger partial charge in [0.25, 0.3) is 0 Å². The Morgan fingerprint density at radius 1 is 1.14 bits per heavy atom. The van der Waals surface area contributed by atoms with Crippen molar-refractivity contribution in [3.8, 4) is 17.8 Å². The summed E-state index contributed by atoms with van der Waals surface area (Å²) in [5.74, 6) is 1.07. The number of aromatic nitrogens is 3. The van der Waals surface area contributed by atoms with Crippen LogP contribution in [-0.4, -0.2) is 42.7 Å². The lowest BCUT2D eigenvalue weighted by Crippen LogP contribution is -2.08. The molecule has 0 aliphatic heterocycles. The second-order valence-electron chi connectivity index (χ2n) is 4.45. The summed E-state index contributed by atoms with van der Waals surface area (Å²) in [5.41, 5.74) is 1.03. The van der Waals surface area contributed by atoms with Gasteiger partial charge in [0.1, 0.15) is 5.75 Å². The maximum absolute atomic E-state index is 5.69. The predicted octanol–water partition coefficient (Wildman–Crippen LogP) is 2.17. The van der Waals surface area contributed by atoms with Crippen LogP contribution < -0.4 is 19.7 Å². The molecule has 2 aromatic rings. The largest absolute Gasteiger partial charge is 0.467 e. The lowest BCUT2D eigenvalue weighted by atomic mass is 10.3. The summed E-state index contributed by atoms with van der Waals surface area (Å²) < 4.78 is 10.7. The average molecular weight is 289 g/mol. The first-order chi connectivity index (χ1) is 10.1. The van der Waals surface area contributed by atoms with E-state index in [9.17, 15) is 0 Å². The zero-order valence-electron chi connectivity index (χ0n) is 12.6. The summed E-state index contributed by atoms with van der Waals surface area (Å²) in [6, 6.07) is 8.05. The summed E-state index contributed by atoms with van der Waals surface area (Å²) in [6.07, 6.45) is 0. The Hall–Kier alpha value is -2.57. The molecule has 7 nitrogen and oxygen atoms in total. The molecule has 1 aromatic heterocycles. The normalized spacial score (nSPS) is 10.1. The van der Waals surface area contributed by atoms with E-state index in [0.717, 1.165) is 5.69 Å². The van der Waals surface area contributed by atoms with Crippen LogP contribution in [0.3, 0.4) is 0 Å². The fourth-order valence-corrected chi connectivity index (χ4v) is 1.64. The van der Waals surface area contributed by atoms with Crippen LogP contribution in [0.1, 0.15) is 6.92 Å². The van der Waals surface area contributed by atoms with Crippen molar-refractivity contribution in [3.05, 3.63) is 24.3 Å². The molecule has 1 heterocycles. The van der Waals surface area contributed by atoms with E-state index in [4.69, 9.17) is 9.47 Å². The molecule has 1 N–H and O–H groups in total. The number of nitrogens with one attached hydrogen (secondary N) is 1. The molecule has 0 radical (unpaired) electrons. The van der Waals surface area contributed by atoms with Crippen molar-refractivity contribution < 1.29 is 9.47 Å². The molecule has 21 heavy (non-hydrogen) atoms. The number of ether oxygens (including phenoxy) is 2. The Morgan fingerprint density at radius 2 is 1.90 bits per heavy atom. The summed E-state index contributed by atoms with van der Waals surface area (Å²) in [7, 11) is 5.43. The molecule has 1 aromatic carbocycles. The minimum Gasteiger partial charge on any atom is -0.467 e. The summed E-state index contributed by atoms with van der Waals surface area (Å²) in [6.45, 7) is 2.65. The van der Waals surface area contributed by atoms with Crippen LogP contribution in [0.5, 0.6) is 17.8 Å². The van der Waals surface area contributed by atoms with E-state index >= 15 is 0 Å². The fraction of sp³-hybridized carbons (Fsp3) is 0.357. The number of hydrogen-bond acceptors (Lipinski definition) is 7. The van der Waals surface area contributed by atoms with Crippen LogP contribution in [-0.2, 0) is 0 Å². The third kappa shape index (κ3) is 3.95. The minimum atomic E-state index is 0.189. The van der Waals surface area contributed by atoms with Crippen molar-refractivity contribution in [2.75, 3.05) is 38.0 Å². The molecular weight excluding hydrogens is 270 g/mol. The van der Waals surface area contributed by atoms with Gasteiger partial charge in [0.15, 0.2) is 0 Å². The molecule has 0 saturated heterocycles. The molecule has 0 aliphatic rings. The van der Waals surface area contributed by atoms with Crippen LogP contribution in [0.2, 0.25) is 0 Å². The van der Waals surface area contributed by atoms with Crippen molar-refractivity contribution in [2.45, 2.75) is 6.92 Å². The summed E-state index contributed by atoms with van der Waals surface area (Å²) in [5, 5.41) is 3.01.